The lowest BCUT2D eigenvalue weighted by atomic mass is 9.93. The summed E-state index contributed by atoms with van der Waals surface area (Å²) in [4.78, 5) is 0. The first-order valence-electron chi connectivity index (χ1n) is 10.5. The van der Waals surface area contributed by atoms with Crippen LogP contribution < -0.4 is 4.57 Å². The fourth-order valence-electron chi connectivity index (χ4n) is 4.28. The van der Waals surface area contributed by atoms with Gasteiger partial charge in [0, 0.05) is 11.6 Å². The molecule has 0 aliphatic carbocycles. The number of rotatable bonds is 3. The van der Waals surface area contributed by atoms with Gasteiger partial charge in [-0.2, -0.15) is 0 Å². The molecule has 0 fully saturated rings. The Bertz CT molecular complexity index is 1390. The zero-order valence-electron chi connectivity index (χ0n) is 17.6. The van der Waals surface area contributed by atoms with Crippen LogP contribution in [0.2, 0.25) is 0 Å². The van der Waals surface area contributed by atoms with Crippen molar-refractivity contribution in [2.45, 2.75) is 6.92 Å². The van der Waals surface area contributed by atoms with E-state index in [1.807, 2.05) is 56.4 Å². The van der Waals surface area contributed by atoms with Crippen molar-refractivity contribution in [3.63, 3.8) is 0 Å². The number of hydrogen-bond acceptors (Lipinski definition) is 0. The van der Waals surface area contributed by atoms with Crippen LogP contribution in [0.1, 0.15) is 5.56 Å². The van der Waals surface area contributed by atoms with Gasteiger partial charge in [-0.1, -0.05) is 66.7 Å². The van der Waals surface area contributed by atoms with E-state index in [0.717, 1.165) is 27.8 Å². The highest BCUT2D eigenvalue weighted by Gasteiger charge is 2.20. The van der Waals surface area contributed by atoms with Crippen LogP contribution in [-0.2, 0) is 7.05 Å². The Kier molecular flexibility index (Phi) is 4.83. The molecule has 0 amide bonds. The number of aryl methyl sites for hydroxylation is 2. The number of hydrogen-bond donors (Lipinski definition) is 0. The largest absolute Gasteiger partial charge is 0.220 e. The summed E-state index contributed by atoms with van der Waals surface area (Å²) in [5.41, 5.74) is 6.95. The second-order valence-electron chi connectivity index (χ2n) is 7.96. The maximum Gasteiger partial charge on any atom is 0.220 e. The number of pyridine rings is 1. The Morgan fingerprint density at radius 3 is 2.03 bits per heavy atom. The van der Waals surface area contributed by atoms with Gasteiger partial charge in [-0.25, -0.2) is 8.96 Å². The highest BCUT2D eigenvalue weighted by atomic mass is 19.1. The molecule has 1 aromatic heterocycles. The molecule has 150 valence electrons. The third kappa shape index (κ3) is 3.51. The Morgan fingerprint density at radius 2 is 1.32 bits per heavy atom. The second-order valence-corrected chi connectivity index (χ2v) is 7.96. The predicted octanol–water partition coefficient (Wildman–Crippen LogP) is 7.11. The van der Waals surface area contributed by atoms with Crippen molar-refractivity contribution in [2.24, 2.45) is 7.05 Å². The predicted molar refractivity (Wildman–Crippen MR) is 126 cm³/mol. The molecular weight excluding hydrogens is 381 g/mol. The zero-order valence-corrected chi connectivity index (χ0v) is 17.6. The molecule has 2 heteroatoms. The molecule has 0 aliphatic rings. The van der Waals surface area contributed by atoms with Gasteiger partial charge in [-0.3, -0.25) is 0 Å². The summed E-state index contributed by atoms with van der Waals surface area (Å²) in [7, 11) is 2.05. The first kappa shape index (κ1) is 19.2. The highest BCUT2D eigenvalue weighted by Crippen LogP contribution is 2.34. The summed E-state index contributed by atoms with van der Waals surface area (Å²) in [5.74, 6) is -0.193. The molecule has 0 aliphatic heterocycles. The zero-order chi connectivity index (χ0) is 21.4. The average molecular weight is 405 g/mol. The minimum absolute atomic E-state index is 0.193. The lowest BCUT2D eigenvalue weighted by molar-refractivity contribution is -0.659. The summed E-state index contributed by atoms with van der Waals surface area (Å²) in [6.07, 6.45) is 2.08. The van der Waals surface area contributed by atoms with E-state index in [2.05, 4.69) is 59.3 Å². The summed E-state index contributed by atoms with van der Waals surface area (Å²) in [6.45, 7) is 1.98. The number of fused-ring (bicyclic) bond motifs is 1. The van der Waals surface area contributed by atoms with Crippen LogP contribution >= 0.6 is 0 Å². The summed E-state index contributed by atoms with van der Waals surface area (Å²) in [6, 6.07) is 32.5. The summed E-state index contributed by atoms with van der Waals surface area (Å²) < 4.78 is 17.0. The molecule has 1 nitrogen and oxygen atoms in total. The van der Waals surface area contributed by atoms with E-state index in [9.17, 15) is 4.39 Å². The van der Waals surface area contributed by atoms with Crippen LogP contribution in [-0.4, -0.2) is 0 Å². The molecule has 0 saturated heterocycles. The Labute approximate surface area is 182 Å². The topological polar surface area (TPSA) is 3.88 Å². The third-order valence-electron chi connectivity index (χ3n) is 5.90. The molecule has 0 N–H and O–H groups in total. The van der Waals surface area contributed by atoms with Gasteiger partial charge in [0.2, 0.25) is 5.69 Å². The third-order valence-corrected chi connectivity index (χ3v) is 5.90. The van der Waals surface area contributed by atoms with Gasteiger partial charge < -0.3 is 0 Å². The lowest BCUT2D eigenvalue weighted by Crippen LogP contribution is -2.30. The summed E-state index contributed by atoms with van der Waals surface area (Å²) in [5, 5.41) is 2.32. The number of nitrogens with zero attached hydrogens (tertiary/aromatic N) is 1. The molecule has 31 heavy (non-hydrogen) atoms. The van der Waals surface area contributed by atoms with Gasteiger partial charge in [0.15, 0.2) is 6.20 Å². The molecule has 0 radical (unpaired) electrons. The molecular formula is C29H23FN+. The fourth-order valence-corrected chi connectivity index (χ4v) is 4.28. The molecule has 0 spiro atoms. The fraction of sp³-hybridized carbons (Fsp3) is 0.0690. The van der Waals surface area contributed by atoms with Crippen molar-refractivity contribution in [3.05, 3.63) is 115 Å². The first-order valence-corrected chi connectivity index (χ1v) is 10.5. The van der Waals surface area contributed by atoms with Crippen molar-refractivity contribution in [2.75, 3.05) is 0 Å². The normalized spacial score (nSPS) is 11.1. The maximum atomic E-state index is 14.9. The van der Waals surface area contributed by atoms with E-state index in [0.29, 0.717) is 5.56 Å². The van der Waals surface area contributed by atoms with Crippen molar-refractivity contribution in [3.8, 4) is 33.5 Å². The smallest absolute Gasteiger partial charge is 0.206 e. The molecule has 0 atom stereocenters. The van der Waals surface area contributed by atoms with E-state index in [1.165, 1.54) is 16.5 Å². The Hall–Kier alpha value is -3.78. The second kappa shape index (κ2) is 7.81. The Morgan fingerprint density at radius 1 is 0.645 bits per heavy atom. The van der Waals surface area contributed by atoms with Gasteiger partial charge in [-0.05, 0) is 58.8 Å². The van der Waals surface area contributed by atoms with Crippen LogP contribution in [0.3, 0.4) is 0 Å². The van der Waals surface area contributed by atoms with E-state index in [1.54, 1.807) is 6.07 Å². The van der Waals surface area contributed by atoms with Crippen molar-refractivity contribution >= 4 is 10.8 Å². The van der Waals surface area contributed by atoms with Gasteiger partial charge in [0.25, 0.3) is 0 Å². The number of halogens is 1. The maximum absolute atomic E-state index is 14.9. The highest BCUT2D eigenvalue weighted by molar-refractivity contribution is 5.96. The van der Waals surface area contributed by atoms with Gasteiger partial charge in [0.1, 0.15) is 12.9 Å². The summed E-state index contributed by atoms with van der Waals surface area (Å²) >= 11 is 0. The lowest BCUT2D eigenvalue weighted by Gasteiger charge is -2.12. The molecule has 0 bridgehead atoms. The number of aromatic nitrogens is 1. The van der Waals surface area contributed by atoms with Crippen LogP contribution in [0.5, 0.6) is 0 Å². The minimum Gasteiger partial charge on any atom is -0.206 e. The molecule has 4 aromatic carbocycles. The van der Waals surface area contributed by atoms with E-state index < -0.39 is 0 Å². The number of benzene rings is 4. The first-order chi connectivity index (χ1) is 15.1. The standard InChI is InChI=1S/C29H23FN/c1-20-17-28(30)27(22-11-7-4-8-12-22)19-26(20)29-25-14-13-23(21-9-5-3-6-10-21)18-24(25)15-16-31(29)2/h3-19H,1-2H3/q+1. The molecule has 5 rings (SSSR count). The van der Waals surface area contributed by atoms with Crippen LogP contribution in [0, 0.1) is 12.7 Å². The average Bonchev–Trinajstić information content (AvgIpc) is 2.81. The molecule has 1 heterocycles. The van der Waals surface area contributed by atoms with Gasteiger partial charge in [-0.15, -0.1) is 0 Å². The van der Waals surface area contributed by atoms with Crippen LogP contribution in [0.25, 0.3) is 44.3 Å². The SMILES string of the molecule is Cc1cc(F)c(-c2ccccc2)cc1-c1c2ccc(-c3ccccc3)cc2cc[n+]1C. The Balaban J connectivity index is 1.72. The van der Waals surface area contributed by atoms with Crippen molar-refractivity contribution in [1.29, 1.82) is 0 Å². The van der Waals surface area contributed by atoms with Crippen LogP contribution in [0.4, 0.5) is 4.39 Å². The van der Waals surface area contributed by atoms with Crippen molar-refractivity contribution in [1.82, 2.24) is 0 Å². The molecule has 5 aromatic rings. The minimum atomic E-state index is -0.193. The quantitative estimate of drug-likeness (QED) is 0.282. The van der Waals surface area contributed by atoms with E-state index in [4.69, 9.17) is 0 Å². The van der Waals surface area contributed by atoms with Crippen LogP contribution in [0.15, 0.2) is 103 Å². The van der Waals surface area contributed by atoms with Crippen molar-refractivity contribution < 1.29 is 8.96 Å². The van der Waals surface area contributed by atoms with Gasteiger partial charge in [0.05, 0.1) is 10.9 Å². The molecule has 0 unspecified atom stereocenters. The van der Waals surface area contributed by atoms with Gasteiger partial charge >= 0.3 is 0 Å². The molecule has 0 saturated carbocycles. The van der Waals surface area contributed by atoms with E-state index in [-0.39, 0.29) is 5.82 Å². The van der Waals surface area contributed by atoms with E-state index >= 15 is 0 Å². The monoisotopic (exact) mass is 404 g/mol.